The molecule has 3 heteroatoms. The fourth-order valence-electron chi connectivity index (χ4n) is 2.50. The van der Waals surface area contributed by atoms with Gasteiger partial charge >= 0.3 is 0 Å². The summed E-state index contributed by atoms with van der Waals surface area (Å²) >= 11 is 0. The summed E-state index contributed by atoms with van der Waals surface area (Å²) in [5.41, 5.74) is 7.20. The minimum absolute atomic E-state index is 0.171. The van der Waals surface area contributed by atoms with Crippen molar-refractivity contribution < 1.29 is 4.39 Å². The highest BCUT2D eigenvalue weighted by molar-refractivity contribution is 5.19. The van der Waals surface area contributed by atoms with E-state index in [0.717, 1.165) is 19.5 Å². The Hall–Kier alpha value is -0.930. The number of benzene rings is 1. The molecule has 3 atom stereocenters. The van der Waals surface area contributed by atoms with Gasteiger partial charge in [-0.25, -0.2) is 4.39 Å². The molecule has 0 radical (unpaired) electrons. The van der Waals surface area contributed by atoms with Crippen molar-refractivity contribution in [3.63, 3.8) is 0 Å². The summed E-state index contributed by atoms with van der Waals surface area (Å²) in [4.78, 5) is 2.43. The molecule has 0 bridgehead atoms. The maximum Gasteiger partial charge on any atom is 0.123 e. The van der Waals surface area contributed by atoms with Gasteiger partial charge in [-0.3, -0.25) is 4.90 Å². The van der Waals surface area contributed by atoms with E-state index in [4.69, 9.17) is 5.73 Å². The minimum atomic E-state index is -0.171. The number of likely N-dealkylation sites (tertiary alicyclic amines) is 1. The first-order valence-corrected chi connectivity index (χ1v) is 6.33. The van der Waals surface area contributed by atoms with E-state index < -0.39 is 0 Å². The lowest BCUT2D eigenvalue weighted by Gasteiger charge is -2.38. The number of hydrogen-bond donors (Lipinski definition) is 1. The van der Waals surface area contributed by atoms with E-state index in [1.54, 1.807) is 0 Å². The molecule has 1 heterocycles. The average molecular weight is 236 g/mol. The smallest absolute Gasteiger partial charge is 0.123 e. The highest BCUT2D eigenvalue weighted by atomic mass is 19.1. The van der Waals surface area contributed by atoms with Gasteiger partial charge in [0.2, 0.25) is 0 Å². The van der Waals surface area contributed by atoms with Crippen molar-refractivity contribution >= 4 is 0 Å². The highest BCUT2D eigenvalue weighted by Gasteiger charge is 2.26. The maximum absolute atomic E-state index is 12.9. The Kier molecular flexibility index (Phi) is 3.79. The van der Waals surface area contributed by atoms with Gasteiger partial charge in [0.05, 0.1) is 0 Å². The second-order valence-electron chi connectivity index (χ2n) is 5.15. The zero-order valence-electron chi connectivity index (χ0n) is 10.6. The topological polar surface area (TPSA) is 29.3 Å². The van der Waals surface area contributed by atoms with Crippen LogP contribution in [-0.4, -0.2) is 24.0 Å². The summed E-state index contributed by atoms with van der Waals surface area (Å²) in [6.07, 6.45) is 1.05. The summed E-state index contributed by atoms with van der Waals surface area (Å²) in [6, 6.07) is 7.48. The van der Waals surface area contributed by atoms with Crippen LogP contribution in [0.25, 0.3) is 0 Å². The Morgan fingerprint density at radius 3 is 2.59 bits per heavy atom. The number of nitrogens with two attached hydrogens (primary N) is 1. The third kappa shape index (κ3) is 2.85. The van der Waals surface area contributed by atoms with Crippen LogP contribution in [-0.2, 0) is 0 Å². The molecule has 1 aromatic rings. The lowest BCUT2D eigenvalue weighted by Crippen LogP contribution is -2.46. The Morgan fingerprint density at radius 1 is 1.35 bits per heavy atom. The van der Waals surface area contributed by atoms with Gasteiger partial charge in [-0.1, -0.05) is 19.1 Å². The first kappa shape index (κ1) is 12.5. The molecule has 0 aliphatic carbocycles. The predicted molar refractivity (Wildman–Crippen MR) is 68.1 cm³/mol. The highest BCUT2D eigenvalue weighted by Crippen LogP contribution is 2.26. The SMILES string of the molecule is CC1CN(C(C)c2ccc(F)cc2)CCC1N. The van der Waals surface area contributed by atoms with Crippen molar-refractivity contribution in [1.29, 1.82) is 0 Å². The molecule has 94 valence electrons. The molecule has 0 spiro atoms. The number of nitrogens with zero attached hydrogens (tertiary/aromatic N) is 1. The monoisotopic (exact) mass is 236 g/mol. The molecule has 0 amide bonds. The quantitative estimate of drug-likeness (QED) is 0.855. The van der Waals surface area contributed by atoms with Gasteiger partial charge in [-0.15, -0.1) is 0 Å². The summed E-state index contributed by atoms with van der Waals surface area (Å²) in [5.74, 6) is 0.363. The first-order chi connectivity index (χ1) is 8.08. The lowest BCUT2D eigenvalue weighted by atomic mass is 9.92. The lowest BCUT2D eigenvalue weighted by molar-refractivity contribution is 0.124. The number of hydrogen-bond acceptors (Lipinski definition) is 2. The number of rotatable bonds is 2. The van der Waals surface area contributed by atoms with Crippen molar-refractivity contribution in [2.45, 2.75) is 32.4 Å². The summed E-state index contributed by atoms with van der Waals surface area (Å²) < 4.78 is 12.9. The van der Waals surface area contributed by atoms with Crippen molar-refractivity contribution in [3.8, 4) is 0 Å². The van der Waals surface area contributed by atoms with Gasteiger partial charge in [0.25, 0.3) is 0 Å². The average Bonchev–Trinajstić information content (AvgIpc) is 2.33. The van der Waals surface area contributed by atoms with Crippen molar-refractivity contribution in [1.82, 2.24) is 4.90 Å². The van der Waals surface area contributed by atoms with Crippen molar-refractivity contribution in [3.05, 3.63) is 35.6 Å². The second kappa shape index (κ2) is 5.15. The Labute approximate surface area is 103 Å². The van der Waals surface area contributed by atoms with Gasteiger partial charge in [0.15, 0.2) is 0 Å². The fourth-order valence-corrected chi connectivity index (χ4v) is 2.50. The first-order valence-electron chi connectivity index (χ1n) is 6.33. The zero-order chi connectivity index (χ0) is 12.4. The molecule has 1 aliphatic rings. The summed E-state index contributed by atoms with van der Waals surface area (Å²) in [6.45, 7) is 6.44. The van der Waals surface area contributed by atoms with Crippen LogP contribution in [0.2, 0.25) is 0 Å². The molecule has 1 aromatic carbocycles. The van der Waals surface area contributed by atoms with Crippen LogP contribution in [0, 0.1) is 11.7 Å². The normalized spacial score (nSPS) is 28.0. The van der Waals surface area contributed by atoms with Crippen LogP contribution >= 0.6 is 0 Å². The third-order valence-electron chi connectivity index (χ3n) is 3.90. The molecule has 1 saturated heterocycles. The molecule has 17 heavy (non-hydrogen) atoms. The number of halogens is 1. The molecular formula is C14H21FN2. The van der Waals surface area contributed by atoms with E-state index in [0.29, 0.717) is 18.0 Å². The van der Waals surface area contributed by atoms with Gasteiger partial charge < -0.3 is 5.73 Å². The standard InChI is InChI=1S/C14H21FN2/c1-10-9-17(8-7-14(10)16)11(2)12-3-5-13(15)6-4-12/h3-6,10-11,14H,7-9,16H2,1-2H3. The summed E-state index contributed by atoms with van der Waals surface area (Å²) in [5, 5.41) is 0. The molecule has 2 rings (SSSR count). The molecule has 3 unspecified atom stereocenters. The van der Waals surface area contributed by atoms with E-state index in [1.807, 2.05) is 12.1 Å². The number of piperidine rings is 1. The third-order valence-corrected chi connectivity index (χ3v) is 3.90. The molecular weight excluding hydrogens is 215 g/mol. The molecule has 2 nitrogen and oxygen atoms in total. The van der Waals surface area contributed by atoms with Crippen LogP contribution in [0.5, 0.6) is 0 Å². The molecule has 1 fully saturated rings. The molecule has 0 saturated carbocycles. The molecule has 0 aromatic heterocycles. The largest absolute Gasteiger partial charge is 0.327 e. The van der Waals surface area contributed by atoms with Crippen molar-refractivity contribution in [2.24, 2.45) is 11.7 Å². The summed E-state index contributed by atoms with van der Waals surface area (Å²) in [7, 11) is 0. The van der Waals surface area contributed by atoms with Gasteiger partial charge in [0.1, 0.15) is 5.82 Å². The van der Waals surface area contributed by atoms with Crippen LogP contribution in [0.1, 0.15) is 31.9 Å². The Balaban J connectivity index is 2.05. The van der Waals surface area contributed by atoms with Crippen LogP contribution in [0.4, 0.5) is 4.39 Å². The Morgan fingerprint density at radius 2 is 2.00 bits per heavy atom. The van der Waals surface area contributed by atoms with E-state index >= 15 is 0 Å². The van der Waals surface area contributed by atoms with Gasteiger partial charge in [-0.05, 0) is 37.0 Å². The van der Waals surface area contributed by atoms with Crippen LogP contribution in [0.3, 0.4) is 0 Å². The van der Waals surface area contributed by atoms with E-state index in [9.17, 15) is 4.39 Å². The van der Waals surface area contributed by atoms with E-state index in [2.05, 4.69) is 18.7 Å². The molecule has 1 aliphatic heterocycles. The van der Waals surface area contributed by atoms with Crippen LogP contribution in [0.15, 0.2) is 24.3 Å². The Bertz CT molecular complexity index is 363. The predicted octanol–water partition coefficient (Wildman–Crippen LogP) is 2.56. The van der Waals surface area contributed by atoms with Gasteiger partial charge in [-0.2, -0.15) is 0 Å². The van der Waals surface area contributed by atoms with E-state index in [-0.39, 0.29) is 5.82 Å². The van der Waals surface area contributed by atoms with Gasteiger partial charge in [0, 0.05) is 25.2 Å². The maximum atomic E-state index is 12.9. The second-order valence-corrected chi connectivity index (χ2v) is 5.15. The molecule has 2 N–H and O–H groups in total. The van der Waals surface area contributed by atoms with Crippen molar-refractivity contribution in [2.75, 3.05) is 13.1 Å². The fraction of sp³-hybridized carbons (Fsp3) is 0.571. The zero-order valence-corrected chi connectivity index (χ0v) is 10.6. The van der Waals surface area contributed by atoms with E-state index in [1.165, 1.54) is 17.7 Å². The minimum Gasteiger partial charge on any atom is -0.327 e. The van der Waals surface area contributed by atoms with Crippen LogP contribution < -0.4 is 5.73 Å².